The number of pyridine rings is 1. The van der Waals surface area contributed by atoms with Gasteiger partial charge in [0.05, 0.1) is 4.90 Å². The molecule has 0 saturated carbocycles. The van der Waals surface area contributed by atoms with Crippen LogP contribution in [0.25, 0.3) is 10.8 Å². The number of sulfonamides is 1. The summed E-state index contributed by atoms with van der Waals surface area (Å²) < 4.78 is 27.7. The molecule has 0 radical (unpaired) electrons. The normalized spacial score (nSPS) is 12.2. The number of aromatic nitrogens is 1. The Balaban J connectivity index is 0.00000312. The maximum Gasteiger partial charge on any atom is 0.240 e. The smallest absolute Gasteiger partial charge is 0.240 e. The van der Waals surface area contributed by atoms with Crippen molar-refractivity contribution in [3.63, 3.8) is 0 Å². The lowest BCUT2D eigenvalue weighted by Crippen LogP contribution is -2.40. The quantitative estimate of drug-likeness (QED) is 0.570. The number of hydrogen-bond acceptors (Lipinski definition) is 4. The Morgan fingerprint density at radius 2 is 1.85 bits per heavy atom. The highest BCUT2D eigenvalue weighted by molar-refractivity contribution is 7.89. The number of nitrogens with one attached hydrogen (secondary N) is 2. The van der Waals surface area contributed by atoms with E-state index in [9.17, 15) is 8.42 Å². The predicted molar refractivity (Wildman–Crippen MR) is 113 cm³/mol. The molecular weight excluding hydrogens is 393 g/mol. The second-order valence-electron chi connectivity index (χ2n) is 6.17. The molecule has 0 bridgehead atoms. The van der Waals surface area contributed by atoms with Crippen molar-refractivity contribution in [3.05, 3.63) is 36.7 Å². The maximum absolute atomic E-state index is 12.5. The van der Waals surface area contributed by atoms with Gasteiger partial charge in [-0.25, -0.2) is 13.1 Å². The Kier molecular flexibility index (Phi) is 12.0. The standard InChI is InChI=1S/C18H27N3O2S.2ClH/c1-3-4-5-6-10-19-13-15(2)21-24(22,23)18-8-7-17-14-20-11-9-16(17)12-18;;/h7-9,11-12,14-15,19,21H,3-6,10,13H2,1-2H3;2*1H. The number of halogens is 2. The van der Waals surface area contributed by atoms with Crippen molar-refractivity contribution >= 4 is 45.6 Å². The van der Waals surface area contributed by atoms with Gasteiger partial charge in [0.2, 0.25) is 10.0 Å². The molecule has 0 aliphatic heterocycles. The van der Waals surface area contributed by atoms with Crippen LogP contribution in [0.2, 0.25) is 0 Å². The highest BCUT2D eigenvalue weighted by Crippen LogP contribution is 2.18. The van der Waals surface area contributed by atoms with E-state index in [-0.39, 0.29) is 35.8 Å². The van der Waals surface area contributed by atoms with Gasteiger partial charge in [-0.1, -0.05) is 32.3 Å². The van der Waals surface area contributed by atoms with Crippen LogP contribution in [0.15, 0.2) is 41.6 Å². The molecule has 8 heteroatoms. The fourth-order valence-electron chi connectivity index (χ4n) is 2.60. The molecule has 0 aliphatic carbocycles. The van der Waals surface area contributed by atoms with E-state index in [1.807, 2.05) is 13.0 Å². The topological polar surface area (TPSA) is 71.1 Å². The zero-order valence-electron chi connectivity index (χ0n) is 15.3. The van der Waals surface area contributed by atoms with Gasteiger partial charge in [-0.3, -0.25) is 4.98 Å². The molecule has 0 aliphatic rings. The van der Waals surface area contributed by atoms with Gasteiger partial charge in [0.25, 0.3) is 0 Å². The SMILES string of the molecule is CCCCCCNCC(C)NS(=O)(=O)c1ccc2cnccc2c1.Cl.Cl. The first kappa shape index (κ1) is 25.1. The molecule has 1 atom stereocenters. The molecular formula is C18H29Cl2N3O2S. The first-order valence-electron chi connectivity index (χ1n) is 8.60. The summed E-state index contributed by atoms with van der Waals surface area (Å²) in [4.78, 5) is 4.33. The summed E-state index contributed by atoms with van der Waals surface area (Å²) in [7, 11) is -3.51. The second-order valence-corrected chi connectivity index (χ2v) is 7.89. The van der Waals surface area contributed by atoms with E-state index in [1.54, 1.807) is 30.6 Å². The summed E-state index contributed by atoms with van der Waals surface area (Å²) in [6, 6.07) is 6.75. The van der Waals surface area contributed by atoms with Gasteiger partial charge >= 0.3 is 0 Å². The average Bonchev–Trinajstić information content (AvgIpc) is 2.57. The number of hydrogen-bond donors (Lipinski definition) is 2. The summed E-state index contributed by atoms with van der Waals surface area (Å²) in [6.07, 6.45) is 8.21. The van der Waals surface area contributed by atoms with Crippen molar-refractivity contribution in [2.75, 3.05) is 13.1 Å². The van der Waals surface area contributed by atoms with Crippen LogP contribution in [0, 0.1) is 0 Å². The third-order valence-electron chi connectivity index (χ3n) is 3.94. The van der Waals surface area contributed by atoms with Crippen LogP contribution in [-0.2, 0) is 10.0 Å². The van der Waals surface area contributed by atoms with Crippen LogP contribution in [0.1, 0.15) is 39.5 Å². The van der Waals surface area contributed by atoms with Gasteiger partial charge in [0, 0.05) is 30.4 Å². The summed E-state index contributed by atoms with van der Waals surface area (Å²) in [6.45, 7) is 5.62. The van der Waals surface area contributed by atoms with Gasteiger partial charge < -0.3 is 5.32 Å². The van der Waals surface area contributed by atoms with Gasteiger partial charge in [-0.15, -0.1) is 24.8 Å². The first-order valence-corrected chi connectivity index (χ1v) is 10.1. The van der Waals surface area contributed by atoms with E-state index in [0.717, 1.165) is 23.7 Å². The molecule has 5 nitrogen and oxygen atoms in total. The zero-order chi connectivity index (χ0) is 17.4. The molecule has 0 amide bonds. The van der Waals surface area contributed by atoms with Crippen LogP contribution >= 0.6 is 24.8 Å². The number of fused-ring (bicyclic) bond motifs is 1. The van der Waals surface area contributed by atoms with Crippen molar-refractivity contribution in [2.24, 2.45) is 0 Å². The van der Waals surface area contributed by atoms with Gasteiger partial charge in [-0.2, -0.15) is 0 Å². The summed E-state index contributed by atoms with van der Waals surface area (Å²) in [5.74, 6) is 0. The molecule has 1 unspecified atom stereocenters. The summed E-state index contributed by atoms with van der Waals surface area (Å²) in [5, 5.41) is 5.11. The Morgan fingerprint density at radius 3 is 2.58 bits per heavy atom. The molecule has 2 N–H and O–H groups in total. The van der Waals surface area contributed by atoms with Gasteiger partial charge in [-0.05, 0) is 43.5 Å². The molecule has 0 fully saturated rings. The zero-order valence-corrected chi connectivity index (χ0v) is 17.7. The molecule has 0 spiro atoms. The van der Waals surface area contributed by atoms with Crippen LogP contribution in [-0.4, -0.2) is 32.5 Å². The van der Waals surface area contributed by atoms with E-state index in [1.165, 1.54) is 19.3 Å². The molecule has 0 saturated heterocycles. The van der Waals surface area contributed by atoms with E-state index in [0.29, 0.717) is 6.54 Å². The van der Waals surface area contributed by atoms with Crippen LogP contribution in [0.5, 0.6) is 0 Å². The van der Waals surface area contributed by atoms with E-state index in [2.05, 4.69) is 21.9 Å². The van der Waals surface area contributed by atoms with E-state index < -0.39 is 10.0 Å². The van der Waals surface area contributed by atoms with Crippen molar-refractivity contribution < 1.29 is 8.42 Å². The maximum atomic E-state index is 12.5. The van der Waals surface area contributed by atoms with E-state index >= 15 is 0 Å². The molecule has 1 aromatic carbocycles. The molecule has 1 heterocycles. The Morgan fingerprint density at radius 1 is 1.08 bits per heavy atom. The number of nitrogens with zero attached hydrogens (tertiary/aromatic N) is 1. The van der Waals surface area contributed by atoms with Gasteiger partial charge in [0.15, 0.2) is 0 Å². The molecule has 2 rings (SSSR count). The monoisotopic (exact) mass is 421 g/mol. The van der Waals surface area contributed by atoms with Crippen LogP contribution < -0.4 is 10.0 Å². The number of unbranched alkanes of at least 4 members (excludes halogenated alkanes) is 3. The minimum Gasteiger partial charge on any atom is -0.315 e. The lowest BCUT2D eigenvalue weighted by atomic mass is 10.2. The van der Waals surface area contributed by atoms with E-state index in [4.69, 9.17) is 0 Å². The first-order chi connectivity index (χ1) is 11.5. The third kappa shape index (κ3) is 7.76. The summed E-state index contributed by atoms with van der Waals surface area (Å²) in [5.41, 5.74) is 0. The fourth-order valence-corrected chi connectivity index (χ4v) is 3.88. The minimum atomic E-state index is -3.51. The fraction of sp³-hybridized carbons (Fsp3) is 0.500. The van der Waals surface area contributed by atoms with Crippen LogP contribution in [0.4, 0.5) is 0 Å². The molecule has 26 heavy (non-hydrogen) atoms. The van der Waals surface area contributed by atoms with Crippen LogP contribution in [0.3, 0.4) is 0 Å². The van der Waals surface area contributed by atoms with Gasteiger partial charge in [0.1, 0.15) is 0 Å². The van der Waals surface area contributed by atoms with Crippen molar-refractivity contribution in [1.82, 2.24) is 15.0 Å². The molecule has 1 aromatic heterocycles. The molecule has 2 aromatic rings. The number of rotatable bonds is 10. The van der Waals surface area contributed by atoms with Crippen molar-refractivity contribution in [1.29, 1.82) is 0 Å². The number of benzene rings is 1. The van der Waals surface area contributed by atoms with Crippen molar-refractivity contribution in [3.8, 4) is 0 Å². The highest BCUT2D eigenvalue weighted by Gasteiger charge is 2.17. The lowest BCUT2D eigenvalue weighted by Gasteiger charge is -2.15. The van der Waals surface area contributed by atoms with Crippen molar-refractivity contribution in [2.45, 2.75) is 50.5 Å². The Hall–Kier alpha value is -0.920. The average molecular weight is 422 g/mol. The predicted octanol–water partition coefficient (Wildman–Crippen LogP) is 3.92. The largest absolute Gasteiger partial charge is 0.315 e. The Bertz CT molecular complexity index is 757. The summed E-state index contributed by atoms with van der Waals surface area (Å²) >= 11 is 0. The second kappa shape index (κ2) is 12.5. The minimum absolute atomic E-state index is 0. The Labute approximate surface area is 169 Å². The third-order valence-corrected chi connectivity index (χ3v) is 5.52. The lowest BCUT2D eigenvalue weighted by molar-refractivity contribution is 0.525. The molecule has 148 valence electrons. The highest BCUT2D eigenvalue weighted by atomic mass is 35.5.